The lowest BCUT2D eigenvalue weighted by molar-refractivity contribution is -0.146. The second kappa shape index (κ2) is 3.01. The molecule has 0 N–H and O–H groups in total. The van der Waals surface area contributed by atoms with Crippen LogP contribution in [0.2, 0.25) is 0 Å². The van der Waals surface area contributed by atoms with Gasteiger partial charge in [0.15, 0.2) is 5.78 Å². The minimum atomic E-state index is -0.549. The molecule has 0 aromatic rings. The third kappa shape index (κ3) is 1.17. The van der Waals surface area contributed by atoms with Crippen molar-refractivity contribution >= 4 is 11.8 Å². The third-order valence-corrected chi connectivity index (χ3v) is 4.93. The number of allylic oxidation sites excluding steroid dienone is 1. The van der Waals surface area contributed by atoms with E-state index in [0.717, 1.165) is 12.8 Å². The lowest BCUT2D eigenvalue weighted by Gasteiger charge is -2.49. The maximum absolute atomic E-state index is 12.0. The van der Waals surface area contributed by atoms with Crippen molar-refractivity contribution in [3.05, 3.63) is 11.6 Å². The fraction of sp³-hybridized carbons (Fsp3) is 0.714. The summed E-state index contributed by atoms with van der Waals surface area (Å²) in [6.45, 7) is 6.45. The van der Waals surface area contributed by atoms with Crippen LogP contribution in [-0.2, 0) is 14.3 Å². The Labute approximate surface area is 101 Å². The molecule has 0 radical (unpaired) electrons. The molecule has 1 aliphatic heterocycles. The van der Waals surface area contributed by atoms with Crippen molar-refractivity contribution in [3.63, 3.8) is 0 Å². The molecule has 0 bridgehead atoms. The summed E-state index contributed by atoms with van der Waals surface area (Å²) in [5.74, 6) is -0.820. The molecule has 1 saturated heterocycles. The molecule has 3 nitrogen and oxygen atoms in total. The van der Waals surface area contributed by atoms with Crippen molar-refractivity contribution in [3.8, 4) is 0 Å². The Morgan fingerprint density at radius 2 is 2.00 bits per heavy atom. The molecule has 3 atom stereocenters. The van der Waals surface area contributed by atoms with E-state index in [1.54, 1.807) is 0 Å². The molecule has 0 unspecified atom stereocenters. The number of ether oxygens (including phenoxy) is 1. The van der Waals surface area contributed by atoms with Crippen LogP contribution in [0.3, 0.4) is 0 Å². The number of esters is 1. The Morgan fingerprint density at radius 3 is 2.71 bits per heavy atom. The van der Waals surface area contributed by atoms with Crippen LogP contribution in [0, 0.1) is 16.7 Å². The maximum Gasteiger partial charge on any atom is 0.317 e. The fourth-order valence-electron chi connectivity index (χ4n) is 4.09. The van der Waals surface area contributed by atoms with Gasteiger partial charge in [0.2, 0.25) is 0 Å². The van der Waals surface area contributed by atoms with Crippen molar-refractivity contribution in [2.24, 2.45) is 16.7 Å². The second-order valence-electron chi connectivity index (χ2n) is 6.35. The fourth-order valence-corrected chi connectivity index (χ4v) is 4.09. The average Bonchev–Trinajstić information content (AvgIpc) is 2.47. The van der Waals surface area contributed by atoms with E-state index in [0.29, 0.717) is 6.42 Å². The van der Waals surface area contributed by atoms with E-state index >= 15 is 0 Å². The van der Waals surface area contributed by atoms with Gasteiger partial charge >= 0.3 is 5.97 Å². The lowest BCUT2D eigenvalue weighted by atomic mass is 9.53. The van der Waals surface area contributed by atoms with Crippen molar-refractivity contribution in [2.45, 2.75) is 46.1 Å². The van der Waals surface area contributed by atoms with Crippen molar-refractivity contribution < 1.29 is 14.3 Å². The lowest BCUT2D eigenvalue weighted by Crippen LogP contribution is -2.49. The Balaban J connectivity index is 2.19. The van der Waals surface area contributed by atoms with Gasteiger partial charge in [-0.2, -0.15) is 0 Å². The van der Waals surface area contributed by atoms with Crippen LogP contribution < -0.4 is 0 Å². The molecule has 3 heteroatoms. The quantitative estimate of drug-likeness (QED) is 0.367. The number of hydrogen-bond donors (Lipinski definition) is 0. The Kier molecular flexibility index (Phi) is 1.94. The van der Waals surface area contributed by atoms with Gasteiger partial charge in [-0.05, 0) is 18.3 Å². The first-order valence-corrected chi connectivity index (χ1v) is 6.32. The molecular formula is C14H18O3. The van der Waals surface area contributed by atoms with Crippen LogP contribution in [-0.4, -0.2) is 17.9 Å². The van der Waals surface area contributed by atoms with E-state index in [1.807, 2.05) is 13.0 Å². The molecule has 2 fully saturated rings. The topological polar surface area (TPSA) is 43.4 Å². The normalized spacial score (nSPS) is 42.9. The number of ketones is 1. The van der Waals surface area contributed by atoms with Crippen molar-refractivity contribution in [1.29, 1.82) is 0 Å². The van der Waals surface area contributed by atoms with Gasteiger partial charge in [0.1, 0.15) is 12.0 Å². The first-order valence-electron chi connectivity index (χ1n) is 6.32. The smallest absolute Gasteiger partial charge is 0.317 e. The molecule has 3 rings (SSSR count). The summed E-state index contributed by atoms with van der Waals surface area (Å²) in [7, 11) is 0. The molecular weight excluding hydrogens is 216 g/mol. The highest BCUT2D eigenvalue weighted by Crippen LogP contribution is 2.60. The van der Waals surface area contributed by atoms with Gasteiger partial charge in [0, 0.05) is 11.8 Å². The van der Waals surface area contributed by atoms with E-state index in [-0.39, 0.29) is 28.7 Å². The van der Waals surface area contributed by atoms with Crippen LogP contribution in [0.1, 0.15) is 40.0 Å². The number of carbonyl (C=O) groups excluding carboxylic acids is 2. The zero-order valence-corrected chi connectivity index (χ0v) is 10.6. The Bertz CT molecular complexity index is 446. The molecule has 0 aromatic carbocycles. The maximum atomic E-state index is 12.0. The highest BCUT2D eigenvalue weighted by atomic mass is 16.6. The molecule has 0 amide bonds. The monoisotopic (exact) mass is 234 g/mol. The Morgan fingerprint density at radius 1 is 1.29 bits per heavy atom. The molecule has 92 valence electrons. The van der Waals surface area contributed by atoms with E-state index < -0.39 is 5.92 Å². The molecule has 17 heavy (non-hydrogen) atoms. The van der Waals surface area contributed by atoms with Gasteiger partial charge in [-0.15, -0.1) is 0 Å². The van der Waals surface area contributed by atoms with Crippen LogP contribution in [0.25, 0.3) is 0 Å². The van der Waals surface area contributed by atoms with Gasteiger partial charge in [0.25, 0.3) is 0 Å². The zero-order chi connectivity index (χ0) is 12.4. The van der Waals surface area contributed by atoms with Gasteiger partial charge in [0.05, 0.1) is 0 Å². The summed E-state index contributed by atoms with van der Waals surface area (Å²) in [6, 6.07) is 0. The average molecular weight is 234 g/mol. The summed E-state index contributed by atoms with van der Waals surface area (Å²) in [5.41, 5.74) is 0.962. The van der Waals surface area contributed by atoms with E-state index in [1.165, 1.54) is 5.57 Å². The van der Waals surface area contributed by atoms with Gasteiger partial charge in [-0.3, -0.25) is 9.59 Å². The predicted molar refractivity (Wildman–Crippen MR) is 62.2 cm³/mol. The summed E-state index contributed by atoms with van der Waals surface area (Å²) < 4.78 is 5.45. The van der Waals surface area contributed by atoms with Crippen LogP contribution in [0.4, 0.5) is 0 Å². The van der Waals surface area contributed by atoms with E-state index in [4.69, 9.17) is 4.74 Å². The zero-order valence-electron chi connectivity index (χ0n) is 10.6. The Hall–Kier alpha value is -1.12. The third-order valence-electron chi connectivity index (χ3n) is 4.93. The summed E-state index contributed by atoms with van der Waals surface area (Å²) in [6.07, 6.45) is 4.24. The number of hydrogen-bond acceptors (Lipinski definition) is 3. The first kappa shape index (κ1) is 11.0. The second-order valence-corrected chi connectivity index (χ2v) is 6.35. The van der Waals surface area contributed by atoms with E-state index in [2.05, 4.69) is 13.8 Å². The van der Waals surface area contributed by atoms with Crippen molar-refractivity contribution in [2.75, 3.05) is 0 Å². The molecule has 0 spiro atoms. The molecule has 1 saturated carbocycles. The SMILES string of the molecule is CC1(C)CC[C@@H]2OC(=O)[C@@H]3C(=O)CC=C1[C@@]32C. The largest absolute Gasteiger partial charge is 0.461 e. The van der Waals surface area contributed by atoms with Gasteiger partial charge in [-0.25, -0.2) is 0 Å². The molecule has 3 aliphatic rings. The molecule has 0 aromatic heterocycles. The number of Topliss-reactive ketones (excluding diaryl/α,β-unsaturated/α-hetero) is 1. The molecule has 1 heterocycles. The first-order chi connectivity index (χ1) is 7.87. The van der Waals surface area contributed by atoms with E-state index in [9.17, 15) is 9.59 Å². The van der Waals surface area contributed by atoms with Crippen LogP contribution in [0.15, 0.2) is 11.6 Å². The van der Waals surface area contributed by atoms with Crippen LogP contribution in [0.5, 0.6) is 0 Å². The summed E-state index contributed by atoms with van der Waals surface area (Å²) in [4.78, 5) is 23.9. The van der Waals surface area contributed by atoms with Crippen molar-refractivity contribution in [1.82, 2.24) is 0 Å². The predicted octanol–water partition coefficient (Wildman–Crippen LogP) is 2.25. The summed E-state index contributed by atoms with van der Waals surface area (Å²) >= 11 is 0. The van der Waals surface area contributed by atoms with Gasteiger partial charge in [-0.1, -0.05) is 32.4 Å². The summed E-state index contributed by atoms with van der Waals surface area (Å²) in [5, 5.41) is 0. The minimum absolute atomic E-state index is 0.0291. The molecule has 2 aliphatic carbocycles. The number of carbonyl (C=O) groups is 2. The standard InChI is InChI=1S/C14H18O3/c1-13(2)7-6-10-14(3)9(13)5-4-8(15)11(14)12(16)17-10/h5,10-11H,4,6-7H2,1-3H3/t10-,11-,14+/m0/s1. The highest BCUT2D eigenvalue weighted by molar-refractivity contribution is 6.03. The minimum Gasteiger partial charge on any atom is -0.461 e. The van der Waals surface area contributed by atoms with Gasteiger partial charge < -0.3 is 4.74 Å². The highest BCUT2D eigenvalue weighted by Gasteiger charge is 2.64. The van der Waals surface area contributed by atoms with Crippen LogP contribution >= 0.6 is 0 Å². The number of rotatable bonds is 0.